The van der Waals surface area contributed by atoms with Gasteiger partial charge in [-0.1, -0.05) is 6.92 Å². The van der Waals surface area contributed by atoms with Crippen molar-refractivity contribution in [3.63, 3.8) is 0 Å². The molecule has 0 radical (unpaired) electrons. The number of alkyl halides is 3. The molecule has 1 saturated heterocycles. The second-order valence-corrected chi connectivity index (χ2v) is 3.52. The third kappa shape index (κ3) is 2.41. The zero-order chi connectivity index (χ0) is 11.8. The van der Waals surface area contributed by atoms with Crippen LogP contribution in [0.4, 0.5) is 13.2 Å². The quantitative estimate of drug-likeness (QED) is 0.593. The van der Waals surface area contributed by atoms with Crippen LogP contribution in [0.5, 0.6) is 0 Å². The lowest BCUT2D eigenvalue weighted by molar-refractivity contribution is -0.332. The minimum absolute atomic E-state index is 0.208. The molecule has 7 heteroatoms. The van der Waals surface area contributed by atoms with Gasteiger partial charge in [-0.15, -0.1) is 0 Å². The number of halogens is 3. The van der Waals surface area contributed by atoms with Crippen molar-refractivity contribution in [2.75, 3.05) is 0 Å². The van der Waals surface area contributed by atoms with Crippen molar-refractivity contribution in [3.8, 4) is 0 Å². The second-order valence-electron chi connectivity index (χ2n) is 3.52. The molecule has 0 bridgehead atoms. The summed E-state index contributed by atoms with van der Waals surface area (Å²) in [5.41, 5.74) is 0. The Morgan fingerprint density at radius 3 is 2.07 bits per heavy atom. The fraction of sp³-hybridized carbons (Fsp3) is 1.00. The fourth-order valence-electron chi connectivity index (χ4n) is 1.64. The number of ether oxygens (including phenoxy) is 1. The van der Waals surface area contributed by atoms with E-state index in [0.29, 0.717) is 0 Å². The van der Waals surface area contributed by atoms with E-state index in [-0.39, 0.29) is 6.42 Å². The smallest absolute Gasteiger partial charge is 0.389 e. The molecule has 1 heterocycles. The first-order valence-corrected chi connectivity index (χ1v) is 4.55. The molecule has 5 atom stereocenters. The third-order valence-corrected chi connectivity index (χ3v) is 2.50. The lowest BCUT2D eigenvalue weighted by atomic mass is 9.89. The van der Waals surface area contributed by atoms with Crippen molar-refractivity contribution >= 4 is 0 Å². The van der Waals surface area contributed by atoms with Gasteiger partial charge >= 0.3 is 6.18 Å². The molecular formula is C8H13F3O4. The number of aliphatic hydroxyl groups is 3. The van der Waals surface area contributed by atoms with Crippen molar-refractivity contribution < 1.29 is 33.2 Å². The highest BCUT2D eigenvalue weighted by Gasteiger charge is 2.56. The van der Waals surface area contributed by atoms with Gasteiger partial charge in [0, 0.05) is 0 Å². The van der Waals surface area contributed by atoms with Gasteiger partial charge in [0.15, 0.2) is 6.29 Å². The number of rotatable bonds is 1. The topological polar surface area (TPSA) is 69.9 Å². The average Bonchev–Trinajstić information content (AvgIpc) is 2.09. The van der Waals surface area contributed by atoms with E-state index in [1.165, 1.54) is 0 Å². The summed E-state index contributed by atoms with van der Waals surface area (Å²) in [6.45, 7) is 1.57. The maximum atomic E-state index is 12.3. The summed E-state index contributed by atoms with van der Waals surface area (Å²) in [4.78, 5) is 0. The van der Waals surface area contributed by atoms with Crippen LogP contribution in [0.25, 0.3) is 0 Å². The van der Waals surface area contributed by atoms with Gasteiger partial charge in [-0.25, -0.2) is 0 Å². The summed E-state index contributed by atoms with van der Waals surface area (Å²) >= 11 is 0. The van der Waals surface area contributed by atoms with Gasteiger partial charge < -0.3 is 20.1 Å². The SMILES string of the molecule is CC[C@H]1OC(O)[C@H](C(F)(F)F)[C@@H](O)[C@H]1O. The van der Waals surface area contributed by atoms with E-state index in [1.807, 2.05) is 0 Å². The van der Waals surface area contributed by atoms with Crippen molar-refractivity contribution in [1.82, 2.24) is 0 Å². The molecule has 0 aromatic carbocycles. The van der Waals surface area contributed by atoms with Crippen molar-refractivity contribution in [2.24, 2.45) is 5.92 Å². The molecule has 0 aromatic heterocycles. The van der Waals surface area contributed by atoms with Crippen LogP contribution in [0.15, 0.2) is 0 Å². The van der Waals surface area contributed by atoms with Gasteiger partial charge in [0.2, 0.25) is 0 Å². The molecule has 0 aromatic rings. The zero-order valence-corrected chi connectivity index (χ0v) is 7.98. The highest BCUT2D eigenvalue weighted by Crippen LogP contribution is 2.38. The predicted octanol–water partition coefficient (Wildman–Crippen LogP) is 0.0139. The molecule has 1 aliphatic heterocycles. The molecule has 1 fully saturated rings. The summed E-state index contributed by atoms with van der Waals surface area (Å²) < 4.78 is 41.6. The molecule has 0 saturated carbocycles. The summed E-state index contributed by atoms with van der Waals surface area (Å²) in [6, 6.07) is 0. The van der Waals surface area contributed by atoms with E-state index in [9.17, 15) is 23.4 Å². The Bertz CT molecular complexity index is 220. The van der Waals surface area contributed by atoms with Gasteiger partial charge in [0.25, 0.3) is 0 Å². The van der Waals surface area contributed by atoms with Crippen LogP contribution in [-0.2, 0) is 4.74 Å². The van der Waals surface area contributed by atoms with Crippen LogP contribution in [0, 0.1) is 5.92 Å². The molecule has 90 valence electrons. The zero-order valence-electron chi connectivity index (χ0n) is 7.98. The monoisotopic (exact) mass is 230 g/mol. The Hall–Kier alpha value is -0.370. The molecule has 1 aliphatic rings. The second kappa shape index (κ2) is 4.25. The number of hydrogen-bond donors (Lipinski definition) is 3. The van der Waals surface area contributed by atoms with Crippen LogP contribution < -0.4 is 0 Å². The first kappa shape index (κ1) is 12.7. The standard InChI is InChI=1S/C8H13F3O4/c1-2-3-5(12)6(13)4(7(14)15-3)8(9,10)11/h3-7,12-14H,2H2,1H3/t3-,4-,5+,6-,7?/m1/s1. The van der Waals surface area contributed by atoms with Crippen LogP contribution in [0.2, 0.25) is 0 Å². The Labute approximate surface area is 84.3 Å². The Kier molecular flexibility index (Phi) is 3.59. The van der Waals surface area contributed by atoms with E-state index in [1.54, 1.807) is 6.92 Å². The van der Waals surface area contributed by atoms with E-state index >= 15 is 0 Å². The highest BCUT2D eigenvalue weighted by molar-refractivity contribution is 4.91. The molecule has 1 unspecified atom stereocenters. The number of hydrogen-bond acceptors (Lipinski definition) is 4. The van der Waals surface area contributed by atoms with E-state index < -0.39 is 36.7 Å². The van der Waals surface area contributed by atoms with E-state index in [2.05, 4.69) is 4.74 Å². The summed E-state index contributed by atoms with van der Waals surface area (Å²) in [6.07, 6.45) is -11.4. The van der Waals surface area contributed by atoms with Crippen molar-refractivity contribution in [1.29, 1.82) is 0 Å². The summed E-state index contributed by atoms with van der Waals surface area (Å²) in [7, 11) is 0. The molecule has 0 amide bonds. The van der Waals surface area contributed by atoms with Gasteiger partial charge in [0.1, 0.15) is 12.0 Å². The summed E-state index contributed by atoms with van der Waals surface area (Å²) in [5.74, 6) is -2.46. The molecule has 0 spiro atoms. The predicted molar refractivity (Wildman–Crippen MR) is 42.7 cm³/mol. The first-order chi connectivity index (χ1) is 6.79. The first-order valence-electron chi connectivity index (χ1n) is 4.55. The van der Waals surface area contributed by atoms with E-state index in [0.717, 1.165) is 0 Å². The van der Waals surface area contributed by atoms with Gasteiger partial charge in [-0.3, -0.25) is 0 Å². The fourth-order valence-corrected chi connectivity index (χ4v) is 1.64. The van der Waals surface area contributed by atoms with Gasteiger partial charge in [-0.2, -0.15) is 13.2 Å². The molecule has 0 aliphatic carbocycles. The van der Waals surface area contributed by atoms with Crippen LogP contribution in [0.1, 0.15) is 13.3 Å². The minimum atomic E-state index is -4.81. The normalized spacial score (nSPS) is 43.0. The minimum Gasteiger partial charge on any atom is -0.389 e. The highest BCUT2D eigenvalue weighted by atomic mass is 19.4. The molecular weight excluding hydrogens is 217 g/mol. The lowest BCUT2D eigenvalue weighted by Gasteiger charge is -2.41. The van der Waals surface area contributed by atoms with Crippen LogP contribution in [0.3, 0.4) is 0 Å². The Balaban J connectivity index is 2.84. The Morgan fingerprint density at radius 2 is 1.67 bits per heavy atom. The van der Waals surface area contributed by atoms with Crippen molar-refractivity contribution in [3.05, 3.63) is 0 Å². The maximum absolute atomic E-state index is 12.3. The largest absolute Gasteiger partial charge is 0.399 e. The van der Waals surface area contributed by atoms with Gasteiger partial charge in [0.05, 0.1) is 12.2 Å². The maximum Gasteiger partial charge on any atom is 0.399 e. The lowest BCUT2D eigenvalue weighted by Crippen LogP contribution is -2.58. The van der Waals surface area contributed by atoms with E-state index in [4.69, 9.17) is 5.11 Å². The van der Waals surface area contributed by atoms with Crippen LogP contribution >= 0.6 is 0 Å². The molecule has 1 rings (SSSR count). The third-order valence-electron chi connectivity index (χ3n) is 2.50. The molecule has 15 heavy (non-hydrogen) atoms. The Morgan fingerprint density at radius 1 is 1.13 bits per heavy atom. The molecule has 3 N–H and O–H groups in total. The molecule has 4 nitrogen and oxygen atoms in total. The van der Waals surface area contributed by atoms with Crippen LogP contribution in [-0.4, -0.2) is 46.1 Å². The summed E-state index contributed by atoms with van der Waals surface area (Å²) in [5, 5.41) is 27.6. The number of aliphatic hydroxyl groups excluding tert-OH is 3. The van der Waals surface area contributed by atoms with Crippen molar-refractivity contribution in [2.45, 2.75) is 44.1 Å². The average molecular weight is 230 g/mol. The van der Waals surface area contributed by atoms with Gasteiger partial charge in [-0.05, 0) is 6.42 Å².